The molecule has 0 saturated heterocycles. The highest BCUT2D eigenvalue weighted by Gasteiger charge is 2.15. The molecule has 0 spiro atoms. The molecule has 1 aromatic carbocycles. The highest BCUT2D eigenvalue weighted by Crippen LogP contribution is 2.33. The first-order valence-corrected chi connectivity index (χ1v) is 8.76. The summed E-state index contributed by atoms with van der Waals surface area (Å²) in [5, 5.41) is 23.6. The van der Waals surface area contributed by atoms with Crippen LogP contribution in [-0.4, -0.2) is 24.9 Å². The van der Waals surface area contributed by atoms with Crippen LogP contribution in [0.5, 0.6) is 5.75 Å². The molecule has 0 fully saturated rings. The summed E-state index contributed by atoms with van der Waals surface area (Å²) in [4.78, 5) is 8.69. The van der Waals surface area contributed by atoms with Crippen molar-refractivity contribution in [1.29, 1.82) is 5.26 Å². The number of nitriles is 1. The van der Waals surface area contributed by atoms with Crippen molar-refractivity contribution in [3.8, 4) is 45.5 Å². The highest BCUT2D eigenvalue weighted by molar-refractivity contribution is 5.81. The molecule has 28 heavy (non-hydrogen) atoms. The van der Waals surface area contributed by atoms with Crippen molar-refractivity contribution < 1.29 is 5.11 Å². The van der Waals surface area contributed by atoms with E-state index in [0.717, 1.165) is 33.5 Å². The summed E-state index contributed by atoms with van der Waals surface area (Å²) in [6, 6.07) is 15.2. The van der Waals surface area contributed by atoms with Crippen molar-refractivity contribution in [3.05, 3.63) is 72.8 Å². The van der Waals surface area contributed by atoms with Gasteiger partial charge in [-0.15, -0.1) is 0 Å². The molecule has 0 aliphatic heterocycles. The number of phenols is 1. The number of rotatable bonds is 4. The molecule has 0 bridgehead atoms. The van der Waals surface area contributed by atoms with Gasteiger partial charge >= 0.3 is 0 Å². The standard InChI is InChI=1S/C22H17N5O/c1-15-9-18(11-19(28)10-15)22-20(14-27(26-22)8-6-23)16-4-5-21(25-13-16)17-3-2-7-24-12-17/h2-5,7,9-14,28H,8H2,1H3. The molecule has 136 valence electrons. The van der Waals surface area contributed by atoms with Crippen LogP contribution in [0, 0.1) is 18.3 Å². The van der Waals surface area contributed by atoms with Crippen LogP contribution >= 0.6 is 0 Å². The van der Waals surface area contributed by atoms with E-state index >= 15 is 0 Å². The van der Waals surface area contributed by atoms with Crippen LogP contribution in [0.4, 0.5) is 0 Å². The molecule has 0 aliphatic carbocycles. The van der Waals surface area contributed by atoms with Gasteiger partial charge < -0.3 is 5.11 Å². The van der Waals surface area contributed by atoms with Crippen molar-refractivity contribution in [2.45, 2.75) is 13.5 Å². The Balaban J connectivity index is 1.79. The Morgan fingerprint density at radius 3 is 2.64 bits per heavy atom. The molecular weight excluding hydrogens is 350 g/mol. The van der Waals surface area contributed by atoms with Crippen LogP contribution in [-0.2, 0) is 6.54 Å². The molecule has 4 aromatic rings. The lowest BCUT2D eigenvalue weighted by molar-refractivity contribution is 0.475. The quantitative estimate of drug-likeness (QED) is 0.584. The van der Waals surface area contributed by atoms with Gasteiger partial charge in [-0.1, -0.05) is 6.07 Å². The van der Waals surface area contributed by atoms with E-state index in [2.05, 4.69) is 21.1 Å². The third kappa shape index (κ3) is 3.46. The molecule has 4 rings (SSSR count). The zero-order chi connectivity index (χ0) is 19.5. The molecule has 3 heterocycles. The van der Waals surface area contributed by atoms with E-state index in [1.165, 1.54) is 0 Å². The van der Waals surface area contributed by atoms with E-state index in [9.17, 15) is 5.11 Å². The molecule has 0 saturated carbocycles. The van der Waals surface area contributed by atoms with Crippen molar-refractivity contribution in [3.63, 3.8) is 0 Å². The summed E-state index contributed by atoms with van der Waals surface area (Å²) in [5.41, 5.74) is 5.93. The van der Waals surface area contributed by atoms with Crippen molar-refractivity contribution in [2.24, 2.45) is 0 Å². The number of hydrogen-bond donors (Lipinski definition) is 1. The smallest absolute Gasteiger partial charge is 0.128 e. The summed E-state index contributed by atoms with van der Waals surface area (Å²) >= 11 is 0. The molecule has 6 heteroatoms. The second-order valence-corrected chi connectivity index (χ2v) is 6.48. The number of benzene rings is 1. The maximum Gasteiger partial charge on any atom is 0.128 e. The second-order valence-electron chi connectivity index (χ2n) is 6.48. The third-order valence-corrected chi connectivity index (χ3v) is 4.36. The maximum atomic E-state index is 9.98. The summed E-state index contributed by atoms with van der Waals surface area (Å²) in [6.07, 6.45) is 7.12. The Kier molecular flexibility index (Phi) is 4.56. The first kappa shape index (κ1) is 17.4. The van der Waals surface area contributed by atoms with E-state index in [4.69, 9.17) is 5.26 Å². The average molecular weight is 367 g/mol. The van der Waals surface area contributed by atoms with Gasteiger partial charge in [0.2, 0.25) is 0 Å². The lowest BCUT2D eigenvalue weighted by atomic mass is 10.0. The molecule has 0 amide bonds. The lowest BCUT2D eigenvalue weighted by Gasteiger charge is -2.06. The molecule has 6 nitrogen and oxygen atoms in total. The van der Waals surface area contributed by atoms with Crippen LogP contribution in [0.2, 0.25) is 0 Å². The fourth-order valence-corrected chi connectivity index (χ4v) is 3.14. The van der Waals surface area contributed by atoms with Gasteiger partial charge in [0.15, 0.2) is 0 Å². The van der Waals surface area contributed by atoms with Gasteiger partial charge in [0.05, 0.1) is 11.8 Å². The number of aryl methyl sites for hydroxylation is 1. The van der Waals surface area contributed by atoms with E-state index in [1.807, 2.05) is 43.5 Å². The zero-order valence-electron chi connectivity index (χ0n) is 15.2. The SMILES string of the molecule is Cc1cc(O)cc(-c2nn(CC#N)cc2-c2ccc(-c3cccnc3)nc2)c1. The van der Waals surface area contributed by atoms with Gasteiger partial charge in [0.1, 0.15) is 18.0 Å². The average Bonchev–Trinajstić information content (AvgIpc) is 3.12. The van der Waals surface area contributed by atoms with Gasteiger partial charge in [0.25, 0.3) is 0 Å². The predicted octanol–water partition coefficient (Wildman–Crippen LogP) is 4.21. The summed E-state index contributed by atoms with van der Waals surface area (Å²) < 4.78 is 1.60. The van der Waals surface area contributed by atoms with Gasteiger partial charge in [-0.3, -0.25) is 14.6 Å². The van der Waals surface area contributed by atoms with E-state index in [-0.39, 0.29) is 12.3 Å². The van der Waals surface area contributed by atoms with Crippen LogP contribution in [0.15, 0.2) is 67.3 Å². The highest BCUT2D eigenvalue weighted by atomic mass is 16.3. The molecule has 0 atom stereocenters. The second kappa shape index (κ2) is 7.33. The minimum absolute atomic E-state index is 0.145. The first-order valence-electron chi connectivity index (χ1n) is 8.76. The predicted molar refractivity (Wildman–Crippen MR) is 106 cm³/mol. The number of nitrogens with zero attached hydrogens (tertiary/aromatic N) is 5. The normalized spacial score (nSPS) is 10.6. The zero-order valence-corrected chi connectivity index (χ0v) is 15.2. The largest absolute Gasteiger partial charge is 0.508 e. The van der Waals surface area contributed by atoms with Crippen molar-refractivity contribution in [2.75, 3.05) is 0 Å². The summed E-state index contributed by atoms with van der Waals surface area (Å²) in [7, 11) is 0. The van der Waals surface area contributed by atoms with Gasteiger partial charge in [0, 0.05) is 47.0 Å². The summed E-state index contributed by atoms with van der Waals surface area (Å²) in [6.45, 7) is 2.06. The number of pyridine rings is 2. The Bertz CT molecular complexity index is 1140. The molecule has 0 aliphatic rings. The maximum absolute atomic E-state index is 9.98. The minimum Gasteiger partial charge on any atom is -0.508 e. The van der Waals surface area contributed by atoms with Crippen LogP contribution < -0.4 is 0 Å². The number of hydrogen-bond acceptors (Lipinski definition) is 5. The number of aromatic nitrogens is 4. The Morgan fingerprint density at radius 2 is 1.96 bits per heavy atom. The molecule has 0 radical (unpaired) electrons. The van der Waals surface area contributed by atoms with E-state index < -0.39 is 0 Å². The number of phenolic OH excluding ortho intramolecular Hbond substituents is 1. The minimum atomic E-state index is 0.145. The number of aromatic hydroxyl groups is 1. The third-order valence-electron chi connectivity index (χ3n) is 4.36. The van der Waals surface area contributed by atoms with Gasteiger partial charge in [-0.05, 0) is 48.9 Å². The molecule has 3 aromatic heterocycles. The molecule has 0 unspecified atom stereocenters. The van der Waals surface area contributed by atoms with Gasteiger partial charge in [-0.25, -0.2) is 0 Å². The van der Waals surface area contributed by atoms with E-state index in [0.29, 0.717) is 5.69 Å². The topological polar surface area (TPSA) is 87.6 Å². The summed E-state index contributed by atoms with van der Waals surface area (Å²) in [5.74, 6) is 0.181. The Labute approximate surface area is 162 Å². The fourth-order valence-electron chi connectivity index (χ4n) is 3.14. The first-order chi connectivity index (χ1) is 13.6. The van der Waals surface area contributed by atoms with Crippen LogP contribution in [0.1, 0.15) is 5.56 Å². The molecule has 1 N–H and O–H groups in total. The van der Waals surface area contributed by atoms with E-state index in [1.54, 1.807) is 35.4 Å². The Morgan fingerprint density at radius 1 is 1.07 bits per heavy atom. The van der Waals surface area contributed by atoms with Gasteiger partial charge in [-0.2, -0.15) is 10.4 Å². The van der Waals surface area contributed by atoms with Crippen molar-refractivity contribution in [1.82, 2.24) is 19.7 Å². The van der Waals surface area contributed by atoms with Crippen molar-refractivity contribution >= 4 is 0 Å². The van der Waals surface area contributed by atoms with Crippen LogP contribution in [0.3, 0.4) is 0 Å². The Hall–Kier alpha value is -3.98. The van der Waals surface area contributed by atoms with Crippen LogP contribution in [0.25, 0.3) is 33.6 Å². The fraction of sp³-hybridized carbons (Fsp3) is 0.0909. The monoisotopic (exact) mass is 367 g/mol. The molecular formula is C22H17N5O. The lowest BCUT2D eigenvalue weighted by Crippen LogP contribution is -1.95.